The Balaban J connectivity index is 0.000000224. The zero-order valence-electron chi connectivity index (χ0n) is 18.9. The molecular formula is C23H30N6O3. The van der Waals surface area contributed by atoms with Gasteiger partial charge in [0, 0.05) is 24.5 Å². The number of para-hydroxylation sites is 1. The van der Waals surface area contributed by atoms with Gasteiger partial charge in [0.2, 0.25) is 11.8 Å². The Hall–Kier alpha value is -3.75. The molecule has 2 aromatic heterocycles. The number of aromatic amines is 1. The van der Waals surface area contributed by atoms with E-state index in [-0.39, 0.29) is 17.9 Å². The Kier molecular flexibility index (Phi) is 8.88. The number of nitrogens with two attached hydrogens (primary N) is 1. The maximum Gasteiger partial charge on any atom is 0.269 e. The standard InChI is InChI=1S/C13H17N3O2.C8H7N3O.C2H6/c1-9-5-3-7-12(14-9)15-13(18)11-6-4-8-16(11)10(2)17;9-8(12)7-5-3-1-2-4-6(5)10-11-7;1-2/h3,5,7,11H,4,6,8H2,1-2H3,(H,14,15,18);1-4H,(H2,9,12)(H,10,11);1-2H3. The molecule has 1 atom stereocenters. The van der Waals surface area contributed by atoms with Crippen molar-refractivity contribution in [3.63, 3.8) is 0 Å². The van der Waals surface area contributed by atoms with Crippen LogP contribution in [0.25, 0.3) is 10.9 Å². The van der Waals surface area contributed by atoms with Gasteiger partial charge in [-0.25, -0.2) is 4.98 Å². The minimum atomic E-state index is -0.507. The van der Waals surface area contributed by atoms with E-state index in [1.807, 2.05) is 51.1 Å². The summed E-state index contributed by atoms with van der Waals surface area (Å²) in [6, 6.07) is 12.5. The van der Waals surface area contributed by atoms with Crippen LogP contribution in [0.2, 0.25) is 0 Å². The van der Waals surface area contributed by atoms with E-state index in [4.69, 9.17) is 5.73 Å². The van der Waals surface area contributed by atoms with Crippen molar-refractivity contribution >= 4 is 34.4 Å². The number of aryl methyl sites for hydroxylation is 1. The van der Waals surface area contributed by atoms with Crippen LogP contribution in [0.4, 0.5) is 5.82 Å². The van der Waals surface area contributed by atoms with Crippen LogP contribution in [0.5, 0.6) is 0 Å². The fraction of sp³-hybridized carbons (Fsp3) is 0.348. The van der Waals surface area contributed by atoms with E-state index >= 15 is 0 Å². The number of benzene rings is 1. The quantitative estimate of drug-likeness (QED) is 0.578. The molecule has 170 valence electrons. The van der Waals surface area contributed by atoms with Crippen LogP contribution in [0.1, 0.15) is 49.8 Å². The van der Waals surface area contributed by atoms with Crippen molar-refractivity contribution in [2.75, 3.05) is 11.9 Å². The van der Waals surface area contributed by atoms with Gasteiger partial charge >= 0.3 is 0 Å². The molecule has 0 radical (unpaired) electrons. The molecule has 0 saturated carbocycles. The van der Waals surface area contributed by atoms with Gasteiger partial charge in [-0.15, -0.1) is 0 Å². The van der Waals surface area contributed by atoms with Crippen molar-refractivity contribution in [2.45, 2.75) is 46.6 Å². The Labute approximate surface area is 187 Å². The van der Waals surface area contributed by atoms with E-state index in [9.17, 15) is 14.4 Å². The number of anilines is 1. The van der Waals surface area contributed by atoms with Gasteiger partial charge in [0.05, 0.1) is 5.52 Å². The lowest BCUT2D eigenvalue weighted by Crippen LogP contribution is -2.42. The minimum absolute atomic E-state index is 0.0511. The first-order valence-electron chi connectivity index (χ1n) is 10.6. The van der Waals surface area contributed by atoms with E-state index in [1.165, 1.54) is 6.92 Å². The van der Waals surface area contributed by atoms with E-state index in [2.05, 4.69) is 20.5 Å². The van der Waals surface area contributed by atoms with Crippen molar-refractivity contribution in [2.24, 2.45) is 5.73 Å². The summed E-state index contributed by atoms with van der Waals surface area (Å²) < 4.78 is 0. The number of fused-ring (bicyclic) bond motifs is 1. The molecule has 1 aliphatic rings. The normalized spacial score (nSPS) is 14.6. The fourth-order valence-electron chi connectivity index (χ4n) is 3.39. The molecule has 1 fully saturated rings. The molecule has 1 unspecified atom stereocenters. The first kappa shape index (κ1) is 24.5. The molecule has 32 heavy (non-hydrogen) atoms. The van der Waals surface area contributed by atoms with Crippen LogP contribution in [-0.4, -0.2) is 50.4 Å². The summed E-state index contributed by atoms with van der Waals surface area (Å²) in [5, 5.41) is 10.0. The molecule has 1 aromatic carbocycles. The van der Waals surface area contributed by atoms with Gasteiger partial charge in [0.15, 0.2) is 5.69 Å². The fourth-order valence-corrected chi connectivity index (χ4v) is 3.39. The summed E-state index contributed by atoms with van der Waals surface area (Å²) >= 11 is 0. The molecule has 4 N–H and O–H groups in total. The third-order valence-corrected chi connectivity index (χ3v) is 4.80. The number of rotatable bonds is 3. The molecule has 4 rings (SSSR count). The van der Waals surface area contributed by atoms with Gasteiger partial charge in [0.1, 0.15) is 11.9 Å². The SMILES string of the molecule is CC.CC(=O)N1CCCC1C(=O)Nc1cccc(C)n1.NC(=O)c1n[nH]c2ccccc12. The first-order valence-corrected chi connectivity index (χ1v) is 10.6. The predicted octanol–water partition coefficient (Wildman–Crippen LogP) is 3.03. The third-order valence-electron chi connectivity index (χ3n) is 4.80. The number of nitrogens with one attached hydrogen (secondary N) is 2. The highest BCUT2D eigenvalue weighted by molar-refractivity contribution is 6.03. The van der Waals surface area contributed by atoms with Crippen LogP contribution in [0.15, 0.2) is 42.5 Å². The Bertz CT molecular complexity index is 1080. The number of carbonyl (C=O) groups is 3. The number of amides is 3. The summed E-state index contributed by atoms with van der Waals surface area (Å²) in [4.78, 5) is 40.1. The Morgan fingerprint density at radius 1 is 1.12 bits per heavy atom. The second-order valence-electron chi connectivity index (χ2n) is 7.01. The number of primary amides is 1. The lowest BCUT2D eigenvalue weighted by molar-refractivity contribution is -0.134. The highest BCUT2D eigenvalue weighted by Gasteiger charge is 2.32. The van der Waals surface area contributed by atoms with E-state index in [0.29, 0.717) is 18.1 Å². The third kappa shape index (κ3) is 6.13. The van der Waals surface area contributed by atoms with Crippen LogP contribution < -0.4 is 11.1 Å². The minimum Gasteiger partial charge on any atom is -0.364 e. The van der Waals surface area contributed by atoms with E-state index < -0.39 is 5.91 Å². The molecule has 3 amide bonds. The summed E-state index contributed by atoms with van der Waals surface area (Å²) in [5.41, 5.74) is 7.07. The summed E-state index contributed by atoms with van der Waals surface area (Å²) in [5.74, 6) is -0.173. The lowest BCUT2D eigenvalue weighted by atomic mass is 10.2. The average Bonchev–Trinajstić information content (AvgIpc) is 3.43. The van der Waals surface area contributed by atoms with Crippen molar-refractivity contribution in [3.8, 4) is 0 Å². The zero-order chi connectivity index (χ0) is 23.7. The maximum atomic E-state index is 12.1. The molecule has 9 heteroatoms. The molecule has 0 bridgehead atoms. The number of likely N-dealkylation sites (tertiary alicyclic amines) is 1. The summed E-state index contributed by atoms with van der Waals surface area (Å²) in [6.45, 7) is 8.03. The second-order valence-corrected chi connectivity index (χ2v) is 7.01. The van der Waals surface area contributed by atoms with Crippen LogP contribution in [-0.2, 0) is 9.59 Å². The Morgan fingerprint density at radius 3 is 2.50 bits per heavy atom. The molecule has 3 heterocycles. The summed E-state index contributed by atoms with van der Waals surface area (Å²) in [7, 11) is 0. The number of aromatic nitrogens is 3. The van der Waals surface area contributed by atoms with E-state index in [0.717, 1.165) is 29.4 Å². The van der Waals surface area contributed by atoms with Crippen LogP contribution >= 0.6 is 0 Å². The molecule has 0 spiro atoms. The molecule has 0 aliphatic carbocycles. The predicted molar refractivity (Wildman–Crippen MR) is 124 cm³/mol. The number of hydrogen-bond donors (Lipinski definition) is 3. The molecule has 1 saturated heterocycles. The topological polar surface area (TPSA) is 134 Å². The van der Waals surface area contributed by atoms with Crippen molar-refractivity contribution in [1.82, 2.24) is 20.1 Å². The lowest BCUT2D eigenvalue weighted by Gasteiger charge is -2.22. The van der Waals surface area contributed by atoms with Gasteiger partial charge in [-0.05, 0) is 38.0 Å². The number of nitrogens with zero attached hydrogens (tertiary/aromatic N) is 3. The van der Waals surface area contributed by atoms with Gasteiger partial charge in [-0.1, -0.05) is 38.1 Å². The van der Waals surface area contributed by atoms with Gasteiger partial charge in [-0.3, -0.25) is 19.5 Å². The molecule has 3 aromatic rings. The first-order chi connectivity index (χ1) is 15.4. The second kappa shape index (κ2) is 11.6. The van der Waals surface area contributed by atoms with Crippen molar-refractivity contribution < 1.29 is 14.4 Å². The highest BCUT2D eigenvalue weighted by atomic mass is 16.2. The van der Waals surface area contributed by atoms with Crippen molar-refractivity contribution in [1.29, 1.82) is 0 Å². The van der Waals surface area contributed by atoms with Gasteiger partial charge in [0.25, 0.3) is 5.91 Å². The van der Waals surface area contributed by atoms with Crippen LogP contribution in [0.3, 0.4) is 0 Å². The molecule has 9 nitrogen and oxygen atoms in total. The smallest absolute Gasteiger partial charge is 0.269 e. The van der Waals surface area contributed by atoms with Crippen LogP contribution in [0, 0.1) is 6.92 Å². The largest absolute Gasteiger partial charge is 0.364 e. The number of carbonyl (C=O) groups excluding carboxylic acids is 3. The molecule has 1 aliphatic heterocycles. The van der Waals surface area contributed by atoms with Gasteiger partial charge < -0.3 is 16.0 Å². The zero-order valence-corrected chi connectivity index (χ0v) is 18.9. The molecular weight excluding hydrogens is 408 g/mol. The monoisotopic (exact) mass is 438 g/mol. The summed E-state index contributed by atoms with van der Waals surface area (Å²) in [6.07, 6.45) is 1.59. The Morgan fingerprint density at radius 2 is 1.84 bits per heavy atom. The van der Waals surface area contributed by atoms with Crippen molar-refractivity contribution in [3.05, 3.63) is 53.9 Å². The van der Waals surface area contributed by atoms with E-state index in [1.54, 1.807) is 17.0 Å². The maximum absolute atomic E-state index is 12.1. The van der Waals surface area contributed by atoms with Gasteiger partial charge in [-0.2, -0.15) is 5.10 Å². The number of pyridine rings is 1. The average molecular weight is 439 g/mol. The number of hydrogen-bond acceptors (Lipinski definition) is 5. The highest BCUT2D eigenvalue weighted by Crippen LogP contribution is 2.19. The number of H-pyrrole nitrogens is 1.